The second-order valence-corrected chi connectivity index (χ2v) is 12.7. The Kier molecular flexibility index (Phi) is 4.24. The van der Waals surface area contributed by atoms with Crippen molar-refractivity contribution < 1.29 is 9.90 Å². The molecule has 1 N–H and O–H groups in total. The number of carbonyl (C=O) groups is 1. The van der Waals surface area contributed by atoms with Crippen LogP contribution >= 0.6 is 0 Å². The predicted octanol–water partition coefficient (Wildman–Crippen LogP) is 5.00. The van der Waals surface area contributed by atoms with E-state index in [1.54, 1.807) is 0 Å². The Balaban J connectivity index is 1.24. The van der Waals surface area contributed by atoms with Crippen molar-refractivity contribution in [2.24, 2.45) is 23.2 Å². The lowest BCUT2D eigenvalue weighted by Gasteiger charge is -2.67. The van der Waals surface area contributed by atoms with Gasteiger partial charge in [-0.15, -0.1) is 0 Å². The summed E-state index contributed by atoms with van der Waals surface area (Å²) in [5.74, 6) is 2.64. The highest BCUT2D eigenvalue weighted by Gasteiger charge is 2.76. The Labute approximate surface area is 208 Å². The number of hydrogen-bond acceptors (Lipinski definition) is 3. The molecule has 6 aliphatic rings. The molecule has 2 saturated heterocycles. The van der Waals surface area contributed by atoms with E-state index in [4.69, 9.17) is 0 Å². The first kappa shape index (κ1) is 20.8. The van der Waals surface area contributed by atoms with Gasteiger partial charge in [-0.1, -0.05) is 30.7 Å². The summed E-state index contributed by atoms with van der Waals surface area (Å²) in [7, 11) is 0. The average molecular weight is 469 g/mol. The monoisotopic (exact) mass is 468 g/mol. The molecule has 1 amide bonds. The van der Waals surface area contributed by atoms with Gasteiger partial charge in [0.2, 0.25) is 0 Å². The number of amides is 1. The molecule has 35 heavy (non-hydrogen) atoms. The number of phenolic OH excluding ortho intramolecular Hbond substituents is 1. The van der Waals surface area contributed by atoms with Gasteiger partial charge in [0.25, 0.3) is 5.91 Å². The number of piperidine rings is 1. The molecular weight excluding hydrogens is 432 g/mol. The number of phenols is 1. The minimum atomic E-state index is 0.111. The molecule has 3 saturated carbocycles. The van der Waals surface area contributed by atoms with Crippen molar-refractivity contribution in [3.63, 3.8) is 0 Å². The zero-order valence-corrected chi connectivity index (χ0v) is 20.5. The third-order valence-electron chi connectivity index (χ3n) is 11.6. The Bertz CT molecular complexity index is 1190. The molecule has 0 aromatic heterocycles. The minimum absolute atomic E-state index is 0.111. The zero-order valence-electron chi connectivity index (χ0n) is 20.5. The Morgan fingerprint density at radius 1 is 1.06 bits per heavy atom. The van der Waals surface area contributed by atoms with E-state index < -0.39 is 0 Å². The molecule has 5 unspecified atom stereocenters. The minimum Gasteiger partial charge on any atom is -0.508 e. The van der Waals surface area contributed by atoms with Crippen molar-refractivity contribution in [2.45, 2.75) is 68.9 Å². The van der Waals surface area contributed by atoms with E-state index in [2.05, 4.69) is 21.9 Å². The van der Waals surface area contributed by atoms with Crippen LogP contribution in [0.1, 0.15) is 66.4 Å². The summed E-state index contributed by atoms with van der Waals surface area (Å²) in [6.45, 7) is 3.38. The lowest BCUT2D eigenvalue weighted by molar-refractivity contribution is -0.107. The number of rotatable bonds is 3. The van der Waals surface area contributed by atoms with Crippen LogP contribution in [0.3, 0.4) is 0 Å². The molecular formula is C31H36N2O2. The van der Waals surface area contributed by atoms with Gasteiger partial charge >= 0.3 is 0 Å². The van der Waals surface area contributed by atoms with Crippen molar-refractivity contribution in [3.05, 3.63) is 65.2 Å². The maximum absolute atomic E-state index is 13.7. The highest BCUT2D eigenvalue weighted by molar-refractivity contribution is 5.94. The summed E-state index contributed by atoms with van der Waals surface area (Å²) in [5, 5.41) is 10.6. The van der Waals surface area contributed by atoms with Crippen LogP contribution in [0, 0.1) is 23.2 Å². The number of carbonyl (C=O) groups excluding carboxylic acids is 1. The van der Waals surface area contributed by atoms with Crippen molar-refractivity contribution in [2.75, 3.05) is 19.6 Å². The molecule has 6 atom stereocenters. The first-order valence-electron chi connectivity index (χ1n) is 14.0. The van der Waals surface area contributed by atoms with Crippen LogP contribution in [0.25, 0.3) is 0 Å². The number of nitrogens with zero attached hydrogens (tertiary/aromatic N) is 2. The third kappa shape index (κ3) is 2.54. The highest BCUT2D eigenvalue weighted by Crippen LogP contribution is 2.75. The lowest BCUT2D eigenvalue weighted by Crippen LogP contribution is -2.70. The second-order valence-electron chi connectivity index (χ2n) is 12.7. The molecule has 4 aliphatic carbocycles. The molecule has 2 aromatic carbocycles. The van der Waals surface area contributed by atoms with Gasteiger partial charge in [-0.25, -0.2) is 0 Å². The second kappa shape index (κ2) is 7.12. The fourth-order valence-electron chi connectivity index (χ4n) is 10.3. The highest BCUT2D eigenvalue weighted by atomic mass is 16.3. The van der Waals surface area contributed by atoms with Gasteiger partial charge in [0, 0.05) is 36.2 Å². The van der Waals surface area contributed by atoms with Crippen LogP contribution in [0.2, 0.25) is 0 Å². The summed E-state index contributed by atoms with van der Waals surface area (Å²) in [6.07, 6.45) is 10.2. The zero-order chi connectivity index (χ0) is 23.4. The van der Waals surface area contributed by atoms with Gasteiger partial charge in [-0.2, -0.15) is 0 Å². The number of benzene rings is 2. The van der Waals surface area contributed by atoms with E-state index in [0.717, 1.165) is 30.9 Å². The summed E-state index contributed by atoms with van der Waals surface area (Å²) < 4.78 is 0. The van der Waals surface area contributed by atoms with Crippen LogP contribution in [0.15, 0.2) is 48.5 Å². The molecule has 0 spiro atoms. The van der Waals surface area contributed by atoms with Crippen molar-refractivity contribution in [3.8, 4) is 5.75 Å². The Morgan fingerprint density at radius 3 is 2.71 bits per heavy atom. The fourth-order valence-corrected chi connectivity index (χ4v) is 10.3. The SMILES string of the molecule is O=C(c1ccccc1)N1C[C@H]2CC34CCC1C2C31CCN(CC2CCC2)C4Cc2ccc(O)cc21. The standard InChI is InChI=1S/C31H36N2O2/c34-24-10-9-22-15-27-30-12-11-26-28(23(17-30)19-33(26)29(35)21-7-2-1-3-8-21)31(30,25(22)16-24)13-14-32(27)18-20-5-4-6-20/h1-3,7-10,16,20,23,26-28,34H,4-6,11-15,17-19H2/t23-,26?,27?,28?,30?,31?/m1/s1. The first-order valence-corrected chi connectivity index (χ1v) is 14.0. The molecule has 4 bridgehead atoms. The molecule has 2 aliphatic heterocycles. The van der Waals surface area contributed by atoms with E-state index in [9.17, 15) is 9.90 Å². The number of likely N-dealkylation sites (tertiary alicyclic amines) is 2. The molecule has 182 valence electrons. The Hall–Kier alpha value is -2.33. The lowest BCUT2D eigenvalue weighted by atomic mass is 9.43. The largest absolute Gasteiger partial charge is 0.508 e. The first-order chi connectivity index (χ1) is 17.1. The van der Waals surface area contributed by atoms with Gasteiger partial charge < -0.3 is 10.0 Å². The van der Waals surface area contributed by atoms with Gasteiger partial charge in [0.1, 0.15) is 5.75 Å². The van der Waals surface area contributed by atoms with Gasteiger partial charge in [0.15, 0.2) is 0 Å². The molecule has 4 nitrogen and oxygen atoms in total. The Morgan fingerprint density at radius 2 is 1.91 bits per heavy atom. The predicted molar refractivity (Wildman–Crippen MR) is 135 cm³/mol. The molecule has 2 heterocycles. The number of hydrogen-bond donors (Lipinski definition) is 1. The molecule has 2 aromatic rings. The van der Waals surface area contributed by atoms with Crippen LogP contribution < -0.4 is 0 Å². The van der Waals surface area contributed by atoms with Crippen LogP contribution in [0.5, 0.6) is 5.75 Å². The number of fused-ring (bicyclic) bond motifs is 1. The van der Waals surface area contributed by atoms with Gasteiger partial charge in [0.05, 0.1) is 0 Å². The fraction of sp³-hybridized carbons (Fsp3) is 0.581. The quantitative estimate of drug-likeness (QED) is 0.689. The van der Waals surface area contributed by atoms with E-state index in [0.29, 0.717) is 35.1 Å². The van der Waals surface area contributed by atoms with Crippen molar-refractivity contribution in [1.29, 1.82) is 0 Å². The summed E-state index contributed by atoms with van der Waals surface area (Å²) in [5.41, 5.74) is 4.17. The van der Waals surface area contributed by atoms with E-state index in [-0.39, 0.29) is 11.3 Å². The molecule has 5 fully saturated rings. The molecule has 4 heteroatoms. The molecule has 0 radical (unpaired) electrons. The third-order valence-corrected chi connectivity index (χ3v) is 11.6. The average Bonchev–Trinajstić information content (AvgIpc) is 3.29. The number of aromatic hydroxyl groups is 1. The van der Waals surface area contributed by atoms with E-state index >= 15 is 0 Å². The van der Waals surface area contributed by atoms with Crippen molar-refractivity contribution >= 4 is 5.91 Å². The summed E-state index contributed by atoms with van der Waals surface area (Å²) in [6, 6.07) is 17.1. The van der Waals surface area contributed by atoms with Crippen LogP contribution in [0.4, 0.5) is 0 Å². The topological polar surface area (TPSA) is 43.8 Å². The van der Waals surface area contributed by atoms with Gasteiger partial charge in [-0.05, 0) is 110 Å². The van der Waals surface area contributed by atoms with Gasteiger partial charge in [-0.3, -0.25) is 9.69 Å². The van der Waals surface area contributed by atoms with Crippen molar-refractivity contribution in [1.82, 2.24) is 9.80 Å². The van der Waals surface area contributed by atoms with Crippen LogP contribution in [-0.2, 0) is 11.8 Å². The maximum atomic E-state index is 13.7. The van der Waals surface area contributed by atoms with E-state index in [1.807, 2.05) is 36.4 Å². The summed E-state index contributed by atoms with van der Waals surface area (Å²) in [4.78, 5) is 18.9. The normalized spacial score (nSPS) is 39.1. The molecule has 8 rings (SSSR count). The van der Waals surface area contributed by atoms with E-state index in [1.165, 1.54) is 62.7 Å². The van der Waals surface area contributed by atoms with Crippen LogP contribution in [-0.4, -0.2) is 52.5 Å². The maximum Gasteiger partial charge on any atom is 0.254 e. The smallest absolute Gasteiger partial charge is 0.254 e. The summed E-state index contributed by atoms with van der Waals surface area (Å²) >= 11 is 0.